The fourth-order valence-corrected chi connectivity index (χ4v) is 4.02. The number of amides is 1. The van der Waals surface area contributed by atoms with Gasteiger partial charge in [0.25, 0.3) is 0 Å². The number of benzene rings is 2. The first kappa shape index (κ1) is 20.4. The van der Waals surface area contributed by atoms with Gasteiger partial charge in [0.1, 0.15) is 11.4 Å². The lowest BCUT2D eigenvalue weighted by Crippen LogP contribution is -2.14. The lowest BCUT2D eigenvalue weighted by Gasteiger charge is -2.07. The van der Waals surface area contributed by atoms with Gasteiger partial charge in [0.2, 0.25) is 11.7 Å². The van der Waals surface area contributed by atoms with Crippen LogP contribution in [-0.4, -0.2) is 26.4 Å². The van der Waals surface area contributed by atoms with Crippen LogP contribution in [0.1, 0.15) is 0 Å². The van der Waals surface area contributed by atoms with E-state index in [1.54, 1.807) is 12.1 Å². The summed E-state index contributed by atoms with van der Waals surface area (Å²) in [5, 5.41) is 12.6. The number of rotatable bonds is 7. The largest absolute Gasteiger partial charge is 0.453 e. The predicted molar refractivity (Wildman–Crippen MR) is 119 cm³/mol. The van der Waals surface area contributed by atoms with Gasteiger partial charge in [-0.05, 0) is 42.5 Å². The molecule has 2 heterocycles. The fourth-order valence-electron chi connectivity index (χ4n) is 2.89. The molecule has 0 aliphatic carbocycles. The average molecular weight is 487 g/mol. The lowest BCUT2D eigenvalue weighted by atomic mass is 10.2. The van der Waals surface area contributed by atoms with Crippen molar-refractivity contribution >= 4 is 50.3 Å². The number of nitrogens with one attached hydrogen (secondary N) is 1. The third kappa shape index (κ3) is 4.47. The highest BCUT2D eigenvalue weighted by Crippen LogP contribution is 2.30. The molecule has 0 radical (unpaired) electrons. The van der Waals surface area contributed by atoms with E-state index in [0.29, 0.717) is 29.0 Å². The quantitative estimate of drug-likeness (QED) is 0.275. The molecule has 6 nitrogen and oxygen atoms in total. The van der Waals surface area contributed by atoms with Gasteiger partial charge < -0.3 is 9.73 Å². The average Bonchev–Trinajstić information content (AvgIpc) is 3.30. The highest BCUT2D eigenvalue weighted by atomic mass is 79.9. The molecule has 0 saturated heterocycles. The molecule has 152 valence electrons. The molecule has 0 saturated carbocycles. The number of hydrogen-bond donors (Lipinski definition) is 1. The van der Waals surface area contributed by atoms with Crippen molar-refractivity contribution in [3.05, 3.63) is 71.5 Å². The minimum atomic E-state index is -0.409. The van der Waals surface area contributed by atoms with E-state index in [0.717, 1.165) is 15.4 Å². The zero-order chi connectivity index (χ0) is 21.1. The molecule has 9 heteroatoms. The zero-order valence-corrected chi connectivity index (χ0v) is 18.0. The number of thioether (sulfide) groups is 1. The summed E-state index contributed by atoms with van der Waals surface area (Å²) in [6, 6.07) is 13.4. The van der Waals surface area contributed by atoms with E-state index < -0.39 is 5.82 Å². The molecule has 0 fully saturated rings. The highest BCUT2D eigenvalue weighted by Gasteiger charge is 2.18. The van der Waals surface area contributed by atoms with Crippen molar-refractivity contribution in [2.24, 2.45) is 0 Å². The van der Waals surface area contributed by atoms with Gasteiger partial charge in [-0.2, -0.15) is 0 Å². The van der Waals surface area contributed by atoms with Gasteiger partial charge in [-0.1, -0.05) is 39.8 Å². The Morgan fingerprint density at radius 1 is 1.27 bits per heavy atom. The minimum Gasteiger partial charge on any atom is -0.453 e. The molecule has 4 rings (SSSR count). The van der Waals surface area contributed by atoms with Crippen molar-refractivity contribution in [2.45, 2.75) is 11.7 Å². The van der Waals surface area contributed by atoms with Crippen molar-refractivity contribution in [3.8, 4) is 11.6 Å². The molecule has 0 aliphatic rings. The molecule has 2 aromatic heterocycles. The molecule has 0 spiro atoms. The first-order valence-electron chi connectivity index (χ1n) is 8.95. The van der Waals surface area contributed by atoms with Crippen LogP contribution in [0.25, 0.3) is 22.6 Å². The summed E-state index contributed by atoms with van der Waals surface area (Å²) in [5.74, 6) is 0.546. The number of aromatic nitrogens is 3. The summed E-state index contributed by atoms with van der Waals surface area (Å²) < 4.78 is 22.0. The summed E-state index contributed by atoms with van der Waals surface area (Å²) in [6.45, 7) is 4.24. The van der Waals surface area contributed by atoms with Crippen LogP contribution < -0.4 is 5.32 Å². The normalized spacial score (nSPS) is 11.0. The fraction of sp³-hybridized carbons (Fsp3) is 0.0952. The topological polar surface area (TPSA) is 73.0 Å². The van der Waals surface area contributed by atoms with Crippen LogP contribution in [0.3, 0.4) is 0 Å². The van der Waals surface area contributed by atoms with Crippen LogP contribution in [-0.2, 0) is 11.3 Å². The van der Waals surface area contributed by atoms with E-state index in [1.807, 2.05) is 28.8 Å². The van der Waals surface area contributed by atoms with Gasteiger partial charge >= 0.3 is 0 Å². The van der Waals surface area contributed by atoms with E-state index in [1.165, 1.54) is 30.0 Å². The van der Waals surface area contributed by atoms with Crippen molar-refractivity contribution in [3.63, 3.8) is 0 Å². The van der Waals surface area contributed by atoms with E-state index in [-0.39, 0.29) is 11.7 Å². The summed E-state index contributed by atoms with van der Waals surface area (Å²) in [5.41, 5.74) is 1.15. The van der Waals surface area contributed by atoms with Crippen LogP contribution in [0.2, 0.25) is 0 Å². The Labute approximate surface area is 184 Å². The van der Waals surface area contributed by atoms with E-state index in [9.17, 15) is 9.18 Å². The summed E-state index contributed by atoms with van der Waals surface area (Å²) >= 11 is 4.68. The number of fused-ring (bicyclic) bond motifs is 1. The lowest BCUT2D eigenvalue weighted by molar-refractivity contribution is -0.113. The number of halogens is 2. The number of anilines is 1. The summed E-state index contributed by atoms with van der Waals surface area (Å²) in [7, 11) is 0. The van der Waals surface area contributed by atoms with Crippen molar-refractivity contribution in [1.82, 2.24) is 14.8 Å². The van der Waals surface area contributed by atoms with Crippen LogP contribution in [0.5, 0.6) is 0 Å². The van der Waals surface area contributed by atoms with Crippen molar-refractivity contribution in [2.75, 3.05) is 11.1 Å². The third-order valence-electron chi connectivity index (χ3n) is 4.17. The van der Waals surface area contributed by atoms with Crippen LogP contribution in [0, 0.1) is 5.82 Å². The van der Waals surface area contributed by atoms with Gasteiger partial charge in [0.15, 0.2) is 10.9 Å². The molecule has 30 heavy (non-hydrogen) atoms. The Hall–Kier alpha value is -2.91. The minimum absolute atomic E-state index is 0.0961. The number of carbonyl (C=O) groups excluding carboxylic acids is 1. The summed E-state index contributed by atoms with van der Waals surface area (Å²) in [6.07, 6.45) is 1.73. The number of nitrogens with zero attached hydrogens (tertiary/aromatic N) is 3. The van der Waals surface area contributed by atoms with Gasteiger partial charge in [-0.15, -0.1) is 16.8 Å². The second-order valence-corrected chi connectivity index (χ2v) is 8.20. The monoisotopic (exact) mass is 486 g/mol. The highest BCUT2D eigenvalue weighted by molar-refractivity contribution is 9.10. The zero-order valence-electron chi connectivity index (χ0n) is 15.6. The standard InChI is InChI=1S/C21H16BrFN4O2S/c1-2-8-27-20(18-10-13-9-14(22)6-7-17(13)29-18)25-26-21(27)30-12-19(28)24-16-5-3-4-15(23)11-16/h2-7,9-11H,1,8,12H2,(H,24,28). The first-order chi connectivity index (χ1) is 14.5. The predicted octanol–water partition coefficient (Wildman–Crippen LogP) is 5.51. The Morgan fingerprint density at radius 2 is 2.13 bits per heavy atom. The number of carbonyl (C=O) groups is 1. The third-order valence-corrected chi connectivity index (χ3v) is 5.63. The molecular weight excluding hydrogens is 471 g/mol. The molecule has 0 aliphatic heterocycles. The van der Waals surface area contributed by atoms with Crippen LogP contribution in [0.4, 0.5) is 10.1 Å². The molecule has 1 N–H and O–H groups in total. The summed E-state index contributed by atoms with van der Waals surface area (Å²) in [4.78, 5) is 12.2. The second kappa shape index (κ2) is 8.85. The van der Waals surface area contributed by atoms with Gasteiger partial charge in [0, 0.05) is 22.1 Å². The molecule has 4 aromatic rings. The van der Waals surface area contributed by atoms with Crippen LogP contribution >= 0.6 is 27.7 Å². The van der Waals surface area contributed by atoms with Gasteiger partial charge in [0.05, 0.1) is 5.75 Å². The Bertz CT molecular complexity index is 1240. The first-order valence-corrected chi connectivity index (χ1v) is 10.7. The number of furan rings is 1. The molecule has 1 amide bonds. The van der Waals surface area contributed by atoms with Gasteiger partial charge in [-0.3, -0.25) is 9.36 Å². The van der Waals surface area contributed by atoms with Crippen LogP contribution in [0.15, 0.2) is 75.2 Å². The van der Waals surface area contributed by atoms with Crippen molar-refractivity contribution in [1.29, 1.82) is 0 Å². The number of allylic oxidation sites excluding steroid dienone is 1. The van der Waals surface area contributed by atoms with Crippen molar-refractivity contribution < 1.29 is 13.6 Å². The maximum atomic E-state index is 13.3. The Morgan fingerprint density at radius 3 is 2.93 bits per heavy atom. The van der Waals surface area contributed by atoms with E-state index in [2.05, 4.69) is 38.0 Å². The Balaban J connectivity index is 1.53. The smallest absolute Gasteiger partial charge is 0.234 e. The second-order valence-electron chi connectivity index (χ2n) is 6.35. The molecule has 0 bridgehead atoms. The molecule has 0 unspecified atom stereocenters. The van der Waals surface area contributed by atoms with E-state index >= 15 is 0 Å². The van der Waals surface area contributed by atoms with Gasteiger partial charge in [-0.25, -0.2) is 4.39 Å². The maximum absolute atomic E-state index is 13.3. The maximum Gasteiger partial charge on any atom is 0.234 e. The SMILES string of the molecule is C=CCn1c(SCC(=O)Nc2cccc(F)c2)nnc1-c1cc2cc(Br)ccc2o1. The molecule has 0 atom stereocenters. The van der Waals surface area contributed by atoms with E-state index in [4.69, 9.17) is 4.42 Å². The molecular formula is C21H16BrFN4O2S. The molecule has 2 aromatic carbocycles. The number of hydrogen-bond acceptors (Lipinski definition) is 5. The Kier molecular flexibility index (Phi) is 6.01.